The fourth-order valence-electron chi connectivity index (χ4n) is 2.87. The van der Waals surface area contributed by atoms with Crippen LogP contribution in [0.4, 0.5) is 0 Å². The minimum Gasteiger partial charge on any atom is -0.378 e. The average Bonchev–Trinajstić information content (AvgIpc) is 2.78. The van der Waals surface area contributed by atoms with E-state index >= 15 is 0 Å². The Balaban J connectivity index is 1.68. The van der Waals surface area contributed by atoms with E-state index in [0.717, 1.165) is 44.2 Å². The molecule has 1 aromatic rings. The first-order valence-electron chi connectivity index (χ1n) is 10.9. The van der Waals surface area contributed by atoms with Gasteiger partial charge in [0.1, 0.15) is 6.10 Å². The van der Waals surface area contributed by atoms with Gasteiger partial charge in [-0.05, 0) is 18.4 Å². The van der Waals surface area contributed by atoms with Crippen LogP contribution in [0.5, 0.6) is 0 Å². The van der Waals surface area contributed by atoms with Crippen LogP contribution in [0.25, 0.3) is 0 Å². The Morgan fingerprint density at radius 1 is 0.633 bits per heavy atom. The summed E-state index contributed by atoms with van der Waals surface area (Å²) in [4.78, 5) is 21.5. The van der Waals surface area contributed by atoms with E-state index in [1.165, 1.54) is 0 Å². The number of hydroxylamine groups is 3. The highest BCUT2D eigenvalue weighted by molar-refractivity contribution is 5.17. The average molecular weight is 428 g/mol. The molecule has 9 nitrogen and oxygen atoms in total. The zero-order chi connectivity index (χ0) is 21.0. The number of hydrogen-bond acceptors (Lipinski definition) is 9. The highest BCUT2D eigenvalue weighted by Crippen LogP contribution is 2.23. The molecular formula is C21H37N3O6. The van der Waals surface area contributed by atoms with Crippen molar-refractivity contribution in [2.24, 2.45) is 0 Å². The Morgan fingerprint density at radius 2 is 1.30 bits per heavy atom. The van der Waals surface area contributed by atoms with Crippen LogP contribution in [0.2, 0.25) is 0 Å². The van der Waals surface area contributed by atoms with Crippen LogP contribution in [-0.4, -0.2) is 59.3 Å². The number of rotatable bonds is 1. The molecule has 1 aliphatic rings. The van der Waals surface area contributed by atoms with Crippen LogP contribution in [0.3, 0.4) is 0 Å². The summed E-state index contributed by atoms with van der Waals surface area (Å²) in [5.74, 6) is 0. The molecule has 1 heterocycles. The van der Waals surface area contributed by atoms with Gasteiger partial charge in [-0.3, -0.25) is 9.68 Å². The second kappa shape index (κ2) is 18.6. The van der Waals surface area contributed by atoms with Crippen molar-refractivity contribution >= 4 is 0 Å². The summed E-state index contributed by atoms with van der Waals surface area (Å²) < 4.78 is 10.9. The molecule has 2 rings (SSSR count). The maximum atomic E-state index is 5.62. The zero-order valence-corrected chi connectivity index (χ0v) is 17.8. The number of hydrogen-bond donors (Lipinski definition) is 3. The Kier molecular flexibility index (Phi) is 15.6. The van der Waals surface area contributed by atoms with Gasteiger partial charge < -0.3 is 9.47 Å². The lowest BCUT2D eigenvalue weighted by Crippen LogP contribution is -2.25. The summed E-state index contributed by atoms with van der Waals surface area (Å²) in [7, 11) is 0. The first-order valence-corrected chi connectivity index (χ1v) is 10.9. The Morgan fingerprint density at radius 3 is 2.07 bits per heavy atom. The van der Waals surface area contributed by atoms with Crippen LogP contribution >= 0.6 is 0 Å². The van der Waals surface area contributed by atoms with Crippen LogP contribution in [0.15, 0.2) is 30.3 Å². The van der Waals surface area contributed by atoms with Crippen molar-refractivity contribution in [2.75, 3.05) is 59.3 Å². The van der Waals surface area contributed by atoms with Gasteiger partial charge in [-0.25, -0.2) is 15.8 Å². The lowest BCUT2D eigenvalue weighted by Gasteiger charge is -2.17. The second-order valence-corrected chi connectivity index (χ2v) is 6.89. The van der Waals surface area contributed by atoms with E-state index in [0.29, 0.717) is 52.7 Å². The largest absolute Gasteiger partial charge is 0.378 e. The molecule has 1 saturated heterocycles. The van der Waals surface area contributed by atoms with Gasteiger partial charge in [0, 0.05) is 19.6 Å². The molecule has 9 heteroatoms. The van der Waals surface area contributed by atoms with Crippen LogP contribution in [0.1, 0.15) is 43.8 Å². The van der Waals surface area contributed by atoms with E-state index in [1.54, 1.807) is 0 Å². The third-order valence-electron chi connectivity index (χ3n) is 4.45. The Labute approximate surface area is 179 Å². The van der Waals surface area contributed by atoms with Crippen molar-refractivity contribution in [1.82, 2.24) is 16.4 Å². The molecule has 0 aromatic heterocycles. The fraction of sp³-hybridized carbons (Fsp3) is 0.714. The minimum absolute atomic E-state index is 0.103. The van der Waals surface area contributed by atoms with Crippen molar-refractivity contribution in [3.8, 4) is 0 Å². The van der Waals surface area contributed by atoms with Gasteiger partial charge in [0.15, 0.2) is 0 Å². The molecule has 0 saturated carbocycles. The van der Waals surface area contributed by atoms with Crippen LogP contribution in [0, 0.1) is 0 Å². The zero-order valence-electron chi connectivity index (χ0n) is 17.8. The normalized spacial score (nSPS) is 23.9. The summed E-state index contributed by atoms with van der Waals surface area (Å²) in [5.41, 5.74) is 9.72. The molecule has 1 aromatic carbocycles. The molecule has 0 radical (unpaired) electrons. The van der Waals surface area contributed by atoms with E-state index in [-0.39, 0.29) is 6.10 Å². The first kappa shape index (κ1) is 25.1. The summed E-state index contributed by atoms with van der Waals surface area (Å²) in [6, 6.07) is 10.2. The topological polar surface area (TPSA) is 91.5 Å². The van der Waals surface area contributed by atoms with Crippen molar-refractivity contribution in [2.45, 2.75) is 38.2 Å². The van der Waals surface area contributed by atoms with E-state index in [1.807, 2.05) is 18.2 Å². The third kappa shape index (κ3) is 13.2. The maximum Gasteiger partial charge on any atom is 0.120 e. The monoisotopic (exact) mass is 427 g/mol. The molecule has 172 valence electrons. The van der Waals surface area contributed by atoms with Gasteiger partial charge in [0.05, 0.1) is 39.6 Å². The standard InChI is InChI=1S/C21H37N3O6/c1-2-7-11-22-27-18-19-28-23-12-14-25-16-17-26-15-13-24-30-29-21(10-6-1)20-8-4-3-5-9-20/h3-5,8-9,21-24H,1-2,6-7,10-19H2. The molecular weight excluding hydrogens is 390 g/mol. The van der Waals surface area contributed by atoms with Gasteiger partial charge in [-0.1, -0.05) is 49.6 Å². The summed E-state index contributed by atoms with van der Waals surface area (Å²) in [6.07, 6.45) is 5.18. The maximum absolute atomic E-state index is 5.62. The molecule has 1 fully saturated rings. The molecule has 1 atom stereocenters. The first-order chi connectivity index (χ1) is 15.0. The van der Waals surface area contributed by atoms with E-state index in [9.17, 15) is 0 Å². The smallest absolute Gasteiger partial charge is 0.120 e. The van der Waals surface area contributed by atoms with Crippen molar-refractivity contribution in [3.63, 3.8) is 0 Å². The van der Waals surface area contributed by atoms with Gasteiger partial charge in [0.2, 0.25) is 0 Å². The Bertz CT molecular complexity index is 473. The predicted octanol–water partition coefficient (Wildman–Crippen LogP) is 2.22. The predicted molar refractivity (Wildman–Crippen MR) is 112 cm³/mol. The SMILES string of the molecule is c1ccc(C2CCCCCCNOCCONCCOCCOCCNOO2)cc1. The number of ether oxygens (including phenoxy) is 2. The lowest BCUT2D eigenvalue weighted by molar-refractivity contribution is -0.367. The second-order valence-electron chi connectivity index (χ2n) is 6.89. The van der Waals surface area contributed by atoms with Gasteiger partial charge >= 0.3 is 0 Å². The minimum atomic E-state index is -0.103. The lowest BCUT2D eigenvalue weighted by atomic mass is 10.0. The quantitative estimate of drug-likeness (QED) is 0.584. The highest BCUT2D eigenvalue weighted by atomic mass is 17.3. The van der Waals surface area contributed by atoms with Gasteiger partial charge in [-0.2, -0.15) is 5.48 Å². The molecule has 3 N–H and O–H groups in total. The summed E-state index contributed by atoms with van der Waals surface area (Å²) >= 11 is 0. The van der Waals surface area contributed by atoms with E-state index < -0.39 is 0 Å². The van der Waals surface area contributed by atoms with Crippen molar-refractivity contribution < 1.29 is 29.0 Å². The van der Waals surface area contributed by atoms with Crippen molar-refractivity contribution in [1.29, 1.82) is 0 Å². The van der Waals surface area contributed by atoms with Gasteiger partial charge in [-0.15, -0.1) is 4.99 Å². The fourth-order valence-corrected chi connectivity index (χ4v) is 2.87. The van der Waals surface area contributed by atoms with Gasteiger partial charge in [0.25, 0.3) is 0 Å². The number of benzene rings is 1. The molecule has 0 bridgehead atoms. The molecule has 0 aliphatic carbocycles. The molecule has 0 amide bonds. The summed E-state index contributed by atoms with van der Waals surface area (Å²) in [5, 5.41) is 0. The highest BCUT2D eigenvalue weighted by Gasteiger charge is 2.13. The van der Waals surface area contributed by atoms with E-state index in [4.69, 9.17) is 29.0 Å². The number of nitrogens with one attached hydrogen (secondary N) is 3. The van der Waals surface area contributed by atoms with Crippen LogP contribution < -0.4 is 16.4 Å². The molecule has 1 aliphatic heterocycles. The summed E-state index contributed by atoms with van der Waals surface area (Å²) in [6.45, 7) is 5.07. The van der Waals surface area contributed by atoms with E-state index in [2.05, 4.69) is 28.6 Å². The molecule has 1 unspecified atom stereocenters. The van der Waals surface area contributed by atoms with Crippen LogP contribution in [-0.2, 0) is 29.0 Å². The molecule has 30 heavy (non-hydrogen) atoms. The molecule has 0 spiro atoms. The van der Waals surface area contributed by atoms with Crippen molar-refractivity contribution in [3.05, 3.63) is 35.9 Å². The Hall–Kier alpha value is -1.14. The third-order valence-corrected chi connectivity index (χ3v) is 4.45.